The summed E-state index contributed by atoms with van der Waals surface area (Å²) in [7, 11) is 0. The predicted octanol–water partition coefficient (Wildman–Crippen LogP) is 3.31. The maximum atomic E-state index is 12.5. The first-order valence-electron chi connectivity index (χ1n) is 7.58. The molecule has 2 N–H and O–H groups in total. The Hall–Kier alpha value is -3.41. The molecule has 0 unspecified atom stereocenters. The molecule has 2 aromatic carbocycles. The highest BCUT2D eigenvalue weighted by atomic mass is 16.1. The number of amides is 1. The van der Waals surface area contributed by atoms with Crippen LogP contribution in [0, 0.1) is 6.92 Å². The number of aromatic amines is 1. The third-order valence-electron chi connectivity index (χ3n) is 3.87. The Labute approximate surface area is 138 Å². The van der Waals surface area contributed by atoms with E-state index in [-0.39, 0.29) is 5.91 Å². The van der Waals surface area contributed by atoms with E-state index in [0.29, 0.717) is 11.4 Å². The van der Waals surface area contributed by atoms with E-state index >= 15 is 0 Å². The summed E-state index contributed by atoms with van der Waals surface area (Å²) in [4.78, 5) is 12.5. The van der Waals surface area contributed by atoms with Crippen molar-refractivity contribution in [3.8, 4) is 5.69 Å². The van der Waals surface area contributed by atoms with Crippen LogP contribution in [0.2, 0.25) is 0 Å². The first-order valence-corrected chi connectivity index (χ1v) is 7.58. The Morgan fingerprint density at radius 1 is 1.12 bits per heavy atom. The van der Waals surface area contributed by atoms with Crippen LogP contribution in [0.15, 0.2) is 60.8 Å². The van der Waals surface area contributed by atoms with Crippen molar-refractivity contribution in [2.24, 2.45) is 0 Å². The fraction of sp³-hybridized carbons (Fsp3) is 0.0556. The minimum Gasteiger partial charge on any atom is -0.321 e. The number of carbonyl (C=O) groups excluding carboxylic acids is 1. The minimum absolute atomic E-state index is 0.248. The largest absolute Gasteiger partial charge is 0.321 e. The van der Waals surface area contributed by atoms with Gasteiger partial charge in [-0.3, -0.25) is 9.89 Å². The molecule has 2 aromatic heterocycles. The molecular weight excluding hydrogens is 302 g/mol. The zero-order valence-corrected chi connectivity index (χ0v) is 13.0. The third-order valence-corrected chi connectivity index (χ3v) is 3.87. The number of hydrogen-bond donors (Lipinski definition) is 2. The summed E-state index contributed by atoms with van der Waals surface area (Å²) in [5.41, 5.74) is 3.83. The lowest BCUT2D eigenvalue weighted by atomic mass is 10.2. The second-order valence-corrected chi connectivity index (χ2v) is 5.51. The molecule has 1 amide bonds. The molecule has 0 fully saturated rings. The fourth-order valence-corrected chi connectivity index (χ4v) is 2.68. The Morgan fingerprint density at radius 3 is 2.83 bits per heavy atom. The van der Waals surface area contributed by atoms with Crippen LogP contribution in [0.25, 0.3) is 16.6 Å². The summed E-state index contributed by atoms with van der Waals surface area (Å²) in [5.74, 6) is -0.248. The molecule has 6 heteroatoms. The zero-order valence-electron chi connectivity index (χ0n) is 13.0. The number of anilines is 1. The van der Waals surface area contributed by atoms with Crippen molar-refractivity contribution in [1.82, 2.24) is 20.0 Å². The van der Waals surface area contributed by atoms with Gasteiger partial charge in [0.2, 0.25) is 0 Å². The van der Waals surface area contributed by atoms with Crippen molar-refractivity contribution in [3.05, 3.63) is 72.2 Å². The van der Waals surface area contributed by atoms with Gasteiger partial charge < -0.3 is 5.32 Å². The molecule has 6 nitrogen and oxygen atoms in total. The number of nitrogens with zero attached hydrogens (tertiary/aromatic N) is 3. The monoisotopic (exact) mass is 317 g/mol. The number of aromatic nitrogens is 4. The molecule has 0 aliphatic rings. The first-order chi connectivity index (χ1) is 11.7. The number of H-pyrrole nitrogens is 1. The van der Waals surface area contributed by atoms with E-state index < -0.39 is 0 Å². The number of carbonyl (C=O) groups is 1. The summed E-state index contributed by atoms with van der Waals surface area (Å²) in [6, 6.07) is 17.0. The van der Waals surface area contributed by atoms with Gasteiger partial charge in [0.1, 0.15) is 0 Å². The van der Waals surface area contributed by atoms with E-state index in [1.807, 2.05) is 66.2 Å². The lowest BCUT2D eigenvalue weighted by molar-refractivity contribution is 0.102. The SMILES string of the molecule is Cc1ccnn1-c1cccc(NC(=O)c2n[nH]c3ccccc23)c1. The van der Waals surface area contributed by atoms with Gasteiger partial charge in [0, 0.05) is 23.0 Å². The average Bonchev–Trinajstić information content (AvgIpc) is 3.21. The molecule has 118 valence electrons. The standard InChI is InChI=1S/C18H15N5O/c1-12-9-10-19-23(12)14-6-4-5-13(11-14)20-18(24)17-15-7-2-3-8-16(15)21-22-17/h2-11H,1H3,(H,20,24)(H,21,22). The van der Waals surface area contributed by atoms with Crippen LogP contribution in [0.1, 0.15) is 16.2 Å². The van der Waals surface area contributed by atoms with Gasteiger partial charge in [-0.2, -0.15) is 10.2 Å². The molecule has 0 spiro atoms. The molecule has 4 rings (SSSR count). The average molecular weight is 317 g/mol. The van der Waals surface area contributed by atoms with Gasteiger partial charge in [0.25, 0.3) is 5.91 Å². The van der Waals surface area contributed by atoms with Crippen molar-refractivity contribution in [2.75, 3.05) is 5.32 Å². The molecule has 2 heterocycles. The Balaban J connectivity index is 1.64. The van der Waals surface area contributed by atoms with E-state index in [9.17, 15) is 4.79 Å². The van der Waals surface area contributed by atoms with Crippen molar-refractivity contribution in [1.29, 1.82) is 0 Å². The molecular formula is C18H15N5O. The summed E-state index contributed by atoms with van der Waals surface area (Å²) in [6.45, 7) is 1.98. The molecule has 0 bridgehead atoms. The predicted molar refractivity (Wildman–Crippen MR) is 92.3 cm³/mol. The number of hydrogen-bond acceptors (Lipinski definition) is 3. The van der Waals surface area contributed by atoms with Crippen LogP contribution in [0.5, 0.6) is 0 Å². The van der Waals surface area contributed by atoms with E-state index in [1.165, 1.54) is 0 Å². The quantitative estimate of drug-likeness (QED) is 0.608. The van der Waals surface area contributed by atoms with E-state index in [2.05, 4.69) is 20.6 Å². The smallest absolute Gasteiger partial charge is 0.276 e. The molecule has 24 heavy (non-hydrogen) atoms. The number of para-hydroxylation sites is 1. The maximum Gasteiger partial charge on any atom is 0.276 e. The lowest BCUT2D eigenvalue weighted by Gasteiger charge is -2.08. The van der Waals surface area contributed by atoms with Crippen LogP contribution in [-0.2, 0) is 0 Å². The Kier molecular flexibility index (Phi) is 3.35. The third kappa shape index (κ3) is 2.44. The number of fused-ring (bicyclic) bond motifs is 1. The molecule has 0 radical (unpaired) electrons. The number of benzene rings is 2. The highest BCUT2D eigenvalue weighted by molar-refractivity contribution is 6.11. The summed E-state index contributed by atoms with van der Waals surface area (Å²) < 4.78 is 1.82. The van der Waals surface area contributed by atoms with Crippen molar-refractivity contribution in [3.63, 3.8) is 0 Å². The summed E-state index contributed by atoms with van der Waals surface area (Å²) in [6.07, 6.45) is 1.75. The van der Waals surface area contributed by atoms with Gasteiger partial charge in [0.15, 0.2) is 5.69 Å². The van der Waals surface area contributed by atoms with Gasteiger partial charge in [-0.25, -0.2) is 4.68 Å². The van der Waals surface area contributed by atoms with Crippen LogP contribution < -0.4 is 5.32 Å². The van der Waals surface area contributed by atoms with E-state index in [0.717, 1.165) is 22.3 Å². The summed E-state index contributed by atoms with van der Waals surface area (Å²) in [5, 5.41) is 15.0. The fourth-order valence-electron chi connectivity index (χ4n) is 2.68. The number of aryl methyl sites for hydroxylation is 1. The lowest BCUT2D eigenvalue weighted by Crippen LogP contribution is -2.13. The Bertz CT molecular complexity index is 1030. The number of nitrogens with one attached hydrogen (secondary N) is 2. The molecule has 0 atom stereocenters. The topological polar surface area (TPSA) is 75.6 Å². The molecule has 0 saturated heterocycles. The van der Waals surface area contributed by atoms with Crippen LogP contribution in [0.3, 0.4) is 0 Å². The molecule has 0 aliphatic heterocycles. The molecule has 4 aromatic rings. The van der Waals surface area contributed by atoms with Gasteiger partial charge in [-0.15, -0.1) is 0 Å². The van der Waals surface area contributed by atoms with Crippen LogP contribution in [0.4, 0.5) is 5.69 Å². The van der Waals surface area contributed by atoms with Crippen LogP contribution in [-0.4, -0.2) is 25.9 Å². The zero-order chi connectivity index (χ0) is 16.5. The van der Waals surface area contributed by atoms with Gasteiger partial charge in [-0.1, -0.05) is 24.3 Å². The second kappa shape index (κ2) is 5.66. The van der Waals surface area contributed by atoms with Gasteiger partial charge in [-0.05, 0) is 37.3 Å². The van der Waals surface area contributed by atoms with Gasteiger partial charge >= 0.3 is 0 Å². The number of rotatable bonds is 3. The Morgan fingerprint density at radius 2 is 2.00 bits per heavy atom. The highest BCUT2D eigenvalue weighted by Gasteiger charge is 2.14. The van der Waals surface area contributed by atoms with Crippen molar-refractivity contribution < 1.29 is 4.79 Å². The minimum atomic E-state index is -0.248. The summed E-state index contributed by atoms with van der Waals surface area (Å²) >= 11 is 0. The van der Waals surface area contributed by atoms with E-state index in [4.69, 9.17) is 0 Å². The van der Waals surface area contributed by atoms with E-state index in [1.54, 1.807) is 6.20 Å². The van der Waals surface area contributed by atoms with Gasteiger partial charge in [0.05, 0.1) is 11.2 Å². The molecule has 0 aliphatic carbocycles. The highest BCUT2D eigenvalue weighted by Crippen LogP contribution is 2.19. The molecule has 0 saturated carbocycles. The second-order valence-electron chi connectivity index (χ2n) is 5.51. The van der Waals surface area contributed by atoms with Crippen LogP contribution >= 0.6 is 0 Å². The normalized spacial score (nSPS) is 10.9. The first kappa shape index (κ1) is 14.2. The maximum absolute atomic E-state index is 12.5. The van der Waals surface area contributed by atoms with Crippen molar-refractivity contribution >= 4 is 22.5 Å². The van der Waals surface area contributed by atoms with Crippen molar-refractivity contribution in [2.45, 2.75) is 6.92 Å².